The van der Waals surface area contributed by atoms with E-state index in [9.17, 15) is 0 Å². The van der Waals surface area contributed by atoms with E-state index in [1.807, 2.05) is 12.1 Å². The highest BCUT2D eigenvalue weighted by atomic mass is 16.5. The Morgan fingerprint density at radius 2 is 2.47 bits per heavy atom. The van der Waals surface area contributed by atoms with E-state index in [0.717, 1.165) is 30.6 Å². The van der Waals surface area contributed by atoms with Gasteiger partial charge in [0.05, 0.1) is 7.11 Å². The number of likely N-dealkylation sites (tertiary alicyclic amines) is 1. The van der Waals surface area contributed by atoms with E-state index in [-0.39, 0.29) is 0 Å². The minimum atomic E-state index is 0.724. The minimum absolute atomic E-state index is 0.724. The quantitative estimate of drug-likeness (QED) is 0.845. The van der Waals surface area contributed by atoms with Gasteiger partial charge in [0.1, 0.15) is 0 Å². The van der Waals surface area contributed by atoms with Gasteiger partial charge in [0.15, 0.2) is 11.6 Å². The van der Waals surface area contributed by atoms with E-state index in [1.165, 1.54) is 19.5 Å². The monoisotopic (exact) mass is 235 g/mol. The summed E-state index contributed by atoms with van der Waals surface area (Å²) in [7, 11) is 1.68. The van der Waals surface area contributed by atoms with Gasteiger partial charge in [0, 0.05) is 19.3 Å². The number of ether oxygens (including phenoxy) is 1. The van der Waals surface area contributed by atoms with E-state index in [1.54, 1.807) is 13.3 Å². The Hall–Kier alpha value is -1.29. The Morgan fingerprint density at radius 1 is 1.59 bits per heavy atom. The summed E-state index contributed by atoms with van der Waals surface area (Å²) >= 11 is 0. The summed E-state index contributed by atoms with van der Waals surface area (Å²) in [5.41, 5.74) is 0. The van der Waals surface area contributed by atoms with Gasteiger partial charge in [0.25, 0.3) is 0 Å². The molecule has 1 aromatic rings. The number of hydrogen-bond acceptors (Lipinski definition) is 4. The summed E-state index contributed by atoms with van der Waals surface area (Å²) in [5.74, 6) is 2.39. The Kier molecular flexibility index (Phi) is 4.20. The van der Waals surface area contributed by atoms with Crippen LogP contribution < -0.4 is 10.1 Å². The molecule has 1 N–H and O–H groups in total. The van der Waals surface area contributed by atoms with Gasteiger partial charge in [-0.3, -0.25) is 0 Å². The van der Waals surface area contributed by atoms with Crippen LogP contribution in [-0.4, -0.2) is 43.2 Å². The highest BCUT2D eigenvalue weighted by Gasteiger charge is 2.21. The van der Waals surface area contributed by atoms with Gasteiger partial charge in [-0.15, -0.1) is 0 Å². The average Bonchev–Trinajstić information content (AvgIpc) is 2.84. The van der Waals surface area contributed by atoms with Gasteiger partial charge in [-0.2, -0.15) is 0 Å². The van der Waals surface area contributed by atoms with Crippen molar-refractivity contribution in [3.63, 3.8) is 0 Å². The van der Waals surface area contributed by atoms with Gasteiger partial charge in [-0.05, 0) is 37.6 Å². The molecule has 0 bridgehead atoms. The maximum absolute atomic E-state index is 5.27. The number of nitrogens with one attached hydrogen (secondary N) is 1. The fraction of sp³-hybridized carbons (Fsp3) is 0.615. The molecule has 2 rings (SSSR count). The first-order chi connectivity index (χ1) is 8.33. The van der Waals surface area contributed by atoms with Crippen LogP contribution in [-0.2, 0) is 0 Å². The molecule has 1 fully saturated rings. The van der Waals surface area contributed by atoms with Gasteiger partial charge in [-0.25, -0.2) is 4.98 Å². The molecule has 1 atom stereocenters. The summed E-state index contributed by atoms with van der Waals surface area (Å²) in [6.45, 7) is 6.77. The normalized spacial score (nSPS) is 20.5. The molecule has 1 aromatic heterocycles. The number of aromatic nitrogens is 1. The van der Waals surface area contributed by atoms with Crippen LogP contribution in [0.1, 0.15) is 13.3 Å². The number of nitrogens with zero attached hydrogens (tertiary/aromatic N) is 2. The molecule has 0 aliphatic carbocycles. The molecule has 2 heterocycles. The molecular weight excluding hydrogens is 214 g/mol. The molecule has 0 radical (unpaired) electrons. The Balaban J connectivity index is 1.85. The standard InChI is InChI=1S/C13H21N3O/c1-3-16-8-6-11(10-16)9-15-13-12(17-2)5-4-7-14-13/h4-5,7,11H,3,6,8-10H2,1-2H3,(H,14,15). The zero-order chi connectivity index (χ0) is 12.1. The molecule has 1 aliphatic rings. The van der Waals surface area contributed by atoms with Crippen molar-refractivity contribution >= 4 is 5.82 Å². The zero-order valence-electron chi connectivity index (χ0n) is 10.6. The van der Waals surface area contributed by atoms with E-state index >= 15 is 0 Å². The first-order valence-electron chi connectivity index (χ1n) is 6.28. The van der Waals surface area contributed by atoms with E-state index in [0.29, 0.717) is 0 Å². The van der Waals surface area contributed by atoms with Gasteiger partial charge in [0.2, 0.25) is 0 Å². The number of hydrogen-bond donors (Lipinski definition) is 1. The second kappa shape index (κ2) is 5.87. The smallest absolute Gasteiger partial charge is 0.168 e. The van der Waals surface area contributed by atoms with Crippen molar-refractivity contribution in [2.75, 3.05) is 38.6 Å². The summed E-state index contributed by atoms with van der Waals surface area (Å²) < 4.78 is 5.27. The zero-order valence-corrected chi connectivity index (χ0v) is 10.6. The van der Waals surface area contributed by atoms with Crippen molar-refractivity contribution in [2.45, 2.75) is 13.3 Å². The maximum atomic E-state index is 5.27. The highest BCUT2D eigenvalue weighted by molar-refractivity contribution is 5.49. The maximum Gasteiger partial charge on any atom is 0.168 e. The minimum Gasteiger partial charge on any atom is -0.493 e. The molecule has 1 saturated heterocycles. The molecule has 4 heteroatoms. The molecule has 17 heavy (non-hydrogen) atoms. The largest absolute Gasteiger partial charge is 0.493 e. The van der Waals surface area contributed by atoms with Crippen LogP contribution in [0.2, 0.25) is 0 Å². The summed E-state index contributed by atoms with van der Waals surface area (Å²) in [6, 6.07) is 3.82. The Labute approximate surface area is 103 Å². The molecule has 4 nitrogen and oxygen atoms in total. The number of anilines is 1. The van der Waals surface area contributed by atoms with Crippen molar-refractivity contribution in [3.05, 3.63) is 18.3 Å². The predicted molar refractivity (Wildman–Crippen MR) is 69.5 cm³/mol. The second-order valence-electron chi connectivity index (χ2n) is 4.48. The third kappa shape index (κ3) is 3.09. The van der Waals surface area contributed by atoms with Crippen LogP contribution in [0.25, 0.3) is 0 Å². The lowest BCUT2D eigenvalue weighted by molar-refractivity contribution is 0.344. The topological polar surface area (TPSA) is 37.4 Å². The Morgan fingerprint density at radius 3 is 3.18 bits per heavy atom. The molecule has 0 saturated carbocycles. The van der Waals surface area contributed by atoms with Crippen LogP contribution in [0.4, 0.5) is 5.82 Å². The Bertz CT molecular complexity index is 356. The summed E-state index contributed by atoms with van der Waals surface area (Å²) in [5, 5.41) is 3.39. The van der Waals surface area contributed by atoms with Crippen LogP contribution >= 0.6 is 0 Å². The fourth-order valence-corrected chi connectivity index (χ4v) is 2.30. The second-order valence-corrected chi connectivity index (χ2v) is 4.48. The van der Waals surface area contributed by atoms with Crippen molar-refractivity contribution in [1.82, 2.24) is 9.88 Å². The molecule has 0 spiro atoms. The lowest BCUT2D eigenvalue weighted by Gasteiger charge is -2.15. The summed E-state index contributed by atoms with van der Waals surface area (Å²) in [6.07, 6.45) is 3.06. The highest BCUT2D eigenvalue weighted by Crippen LogP contribution is 2.22. The van der Waals surface area contributed by atoms with Crippen molar-refractivity contribution in [2.24, 2.45) is 5.92 Å². The van der Waals surface area contributed by atoms with Gasteiger partial charge < -0.3 is 15.0 Å². The van der Waals surface area contributed by atoms with Gasteiger partial charge in [-0.1, -0.05) is 6.92 Å². The molecule has 1 aliphatic heterocycles. The van der Waals surface area contributed by atoms with E-state index in [2.05, 4.69) is 22.1 Å². The van der Waals surface area contributed by atoms with Crippen LogP contribution in [0.15, 0.2) is 18.3 Å². The van der Waals surface area contributed by atoms with Crippen LogP contribution in [0.3, 0.4) is 0 Å². The SMILES string of the molecule is CCN1CCC(CNc2ncccc2OC)C1. The molecular formula is C13H21N3O. The number of pyridine rings is 1. The number of rotatable bonds is 5. The predicted octanol–water partition coefficient (Wildman–Crippen LogP) is 1.84. The van der Waals surface area contributed by atoms with Crippen LogP contribution in [0, 0.1) is 5.92 Å². The fourth-order valence-electron chi connectivity index (χ4n) is 2.30. The lowest BCUT2D eigenvalue weighted by atomic mass is 10.1. The molecule has 0 amide bonds. The molecule has 94 valence electrons. The van der Waals surface area contributed by atoms with Crippen LogP contribution in [0.5, 0.6) is 5.75 Å². The van der Waals surface area contributed by atoms with Crippen molar-refractivity contribution < 1.29 is 4.74 Å². The average molecular weight is 235 g/mol. The van der Waals surface area contributed by atoms with E-state index < -0.39 is 0 Å². The van der Waals surface area contributed by atoms with Crippen molar-refractivity contribution in [1.29, 1.82) is 0 Å². The first-order valence-corrected chi connectivity index (χ1v) is 6.28. The first kappa shape index (κ1) is 12.2. The van der Waals surface area contributed by atoms with Gasteiger partial charge >= 0.3 is 0 Å². The van der Waals surface area contributed by atoms with Crippen molar-refractivity contribution in [3.8, 4) is 5.75 Å². The van der Waals surface area contributed by atoms with E-state index in [4.69, 9.17) is 4.74 Å². The lowest BCUT2D eigenvalue weighted by Crippen LogP contribution is -2.22. The third-order valence-corrected chi connectivity index (χ3v) is 3.37. The number of methoxy groups -OCH3 is 1. The molecule has 1 unspecified atom stereocenters. The third-order valence-electron chi connectivity index (χ3n) is 3.37. The molecule has 0 aromatic carbocycles. The summed E-state index contributed by atoms with van der Waals surface area (Å²) in [4.78, 5) is 6.79.